The molecule has 1 N–H and O–H groups in total. The highest BCUT2D eigenvalue weighted by atomic mass is 16.5. The number of hydrogen-bond acceptors (Lipinski definition) is 4. The van der Waals surface area contributed by atoms with Crippen molar-refractivity contribution in [3.63, 3.8) is 0 Å². The number of nitrogens with zero attached hydrogens (tertiary/aromatic N) is 3. The van der Waals surface area contributed by atoms with Gasteiger partial charge in [0, 0.05) is 50.5 Å². The van der Waals surface area contributed by atoms with Crippen LogP contribution in [0.5, 0.6) is 0 Å². The van der Waals surface area contributed by atoms with E-state index in [4.69, 9.17) is 4.74 Å². The summed E-state index contributed by atoms with van der Waals surface area (Å²) in [4.78, 5) is 14.6. The normalized spacial score (nSPS) is 26.1. The van der Waals surface area contributed by atoms with Crippen LogP contribution >= 0.6 is 0 Å². The molecule has 0 bridgehead atoms. The fraction of sp³-hybridized carbons (Fsp3) is 0.789. The van der Waals surface area contributed by atoms with Crippen LogP contribution in [0.2, 0.25) is 0 Å². The highest BCUT2D eigenvalue weighted by Crippen LogP contribution is 2.34. The molecule has 2 fully saturated rings. The van der Waals surface area contributed by atoms with Gasteiger partial charge in [-0.3, -0.25) is 9.48 Å². The second kappa shape index (κ2) is 8.32. The number of carbonyl (C=O) groups excluding carboxylic acids is 1. The molecule has 0 unspecified atom stereocenters. The third-order valence-electron chi connectivity index (χ3n) is 5.67. The Balaban J connectivity index is 1.50. The minimum Gasteiger partial charge on any atom is -0.373 e. The zero-order valence-corrected chi connectivity index (χ0v) is 15.8. The molecule has 3 rings (SSSR count). The minimum atomic E-state index is -0.131. The van der Waals surface area contributed by atoms with Gasteiger partial charge in [-0.05, 0) is 39.0 Å². The zero-order chi connectivity index (χ0) is 17.8. The quantitative estimate of drug-likeness (QED) is 0.856. The number of piperidine rings is 1. The van der Waals surface area contributed by atoms with Crippen molar-refractivity contribution in [2.24, 2.45) is 11.8 Å². The van der Waals surface area contributed by atoms with Gasteiger partial charge in [-0.25, -0.2) is 0 Å². The molecule has 3 heterocycles. The highest BCUT2D eigenvalue weighted by molar-refractivity contribution is 5.81. The Bertz CT molecular complexity index is 566. The smallest absolute Gasteiger partial charge is 0.239 e. The molecule has 0 aliphatic carbocycles. The van der Waals surface area contributed by atoms with Crippen LogP contribution < -0.4 is 5.32 Å². The van der Waals surface area contributed by atoms with Gasteiger partial charge in [0.25, 0.3) is 0 Å². The standard InChI is InChI=1S/C19H32N4O2/c1-4-23-13-17(12-21-23)18-16(7-10-25-18)11-20-15(3)19(24)22-8-5-14(2)6-9-22/h12-16,18,20H,4-11H2,1-3H3/t15-,16-,18-/m1/s1. The number of likely N-dealkylation sites (tertiary alicyclic amines) is 1. The Hall–Kier alpha value is -1.40. The van der Waals surface area contributed by atoms with Gasteiger partial charge in [0.1, 0.15) is 0 Å². The summed E-state index contributed by atoms with van der Waals surface area (Å²) < 4.78 is 7.88. The molecule has 140 valence electrons. The van der Waals surface area contributed by atoms with Gasteiger partial charge in [-0.2, -0.15) is 5.10 Å². The first-order valence-corrected chi connectivity index (χ1v) is 9.74. The van der Waals surface area contributed by atoms with Crippen molar-refractivity contribution in [1.82, 2.24) is 20.0 Å². The van der Waals surface area contributed by atoms with Gasteiger partial charge in [0.15, 0.2) is 0 Å². The van der Waals surface area contributed by atoms with E-state index in [2.05, 4.69) is 30.5 Å². The third-order valence-corrected chi connectivity index (χ3v) is 5.67. The fourth-order valence-corrected chi connectivity index (χ4v) is 3.83. The molecule has 2 aliphatic heterocycles. The monoisotopic (exact) mass is 348 g/mol. The lowest BCUT2D eigenvalue weighted by atomic mass is 9.96. The Morgan fingerprint density at radius 1 is 1.40 bits per heavy atom. The molecule has 0 radical (unpaired) electrons. The zero-order valence-electron chi connectivity index (χ0n) is 15.8. The van der Waals surface area contributed by atoms with Crippen molar-refractivity contribution < 1.29 is 9.53 Å². The lowest BCUT2D eigenvalue weighted by Gasteiger charge is -2.32. The first kappa shape index (κ1) is 18.4. The summed E-state index contributed by atoms with van der Waals surface area (Å²) in [5.74, 6) is 1.38. The van der Waals surface area contributed by atoms with E-state index < -0.39 is 0 Å². The van der Waals surface area contributed by atoms with E-state index in [9.17, 15) is 4.79 Å². The summed E-state index contributed by atoms with van der Waals surface area (Å²) in [6, 6.07) is -0.131. The van der Waals surface area contributed by atoms with Crippen molar-refractivity contribution in [3.8, 4) is 0 Å². The topological polar surface area (TPSA) is 59.4 Å². The predicted molar refractivity (Wildman–Crippen MR) is 97.1 cm³/mol. The minimum absolute atomic E-state index is 0.0888. The number of aryl methyl sites for hydroxylation is 1. The molecule has 0 spiro atoms. The van der Waals surface area contributed by atoms with Crippen LogP contribution in [0.15, 0.2) is 12.4 Å². The first-order valence-electron chi connectivity index (χ1n) is 9.74. The average Bonchev–Trinajstić information content (AvgIpc) is 3.28. The molecule has 1 amide bonds. The van der Waals surface area contributed by atoms with Crippen molar-refractivity contribution in [1.29, 1.82) is 0 Å². The molecule has 3 atom stereocenters. The Morgan fingerprint density at radius 2 is 2.16 bits per heavy atom. The molecule has 2 saturated heterocycles. The van der Waals surface area contributed by atoms with Gasteiger partial charge in [0.05, 0.1) is 18.3 Å². The first-order chi connectivity index (χ1) is 12.1. The van der Waals surface area contributed by atoms with Crippen LogP contribution in [0, 0.1) is 11.8 Å². The highest BCUT2D eigenvalue weighted by Gasteiger charge is 2.32. The maximum atomic E-state index is 12.6. The number of carbonyl (C=O) groups is 1. The Kier molecular flexibility index (Phi) is 6.12. The van der Waals surface area contributed by atoms with Gasteiger partial charge in [-0.1, -0.05) is 6.92 Å². The largest absolute Gasteiger partial charge is 0.373 e. The molecule has 1 aromatic rings. The van der Waals surface area contributed by atoms with Crippen molar-refractivity contribution >= 4 is 5.91 Å². The van der Waals surface area contributed by atoms with Crippen LogP contribution in [0.25, 0.3) is 0 Å². The molecule has 0 saturated carbocycles. The number of rotatable bonds is 6. The molecule has 1 aromatic heterocycles. The number of hydrogen-bond donors (Lipinski definition) is 1. The number of nitrogens with one attached hydrogen (secondary N) is 1. The van der Waals surface area contributed by atoms with Crippen LogP contribution in [-0.2, 0) is 16.1 Å². The molecule has 6 heteroatoms. The van der Waals surface area contributed by atoms with Gasteiger partial charge in [-0.15, -0.1) is 0 Å². The van der Waals surface area contributed by atoms with E-state index in [0.29, 0.717) is 5.92 Å². The van der Waals surface area contributed by atoms with E-state index in [1.807, 2.05) is 22.7 Å². The van der Waals surface area contributed by atoms with Crippen molar-refractivity contribution in [2.45, 2.75) is 58.7 Å². The van der Waals surface area contributed by atoms with E-state index in [0.717, 1.165) is 63.5 Å². The van der Waals surface area contributed by atoms with Gasteiger partial charge < -0.3 is 15.0 Å². The maximum absolute atomic E-state index is 12.6. The summed E-state index contributed by atoms with van der Waals surface area (Å²) >= 11 is 0. The summed E-state index contributed by atoms with van der Waals surface area (Å²) in [7, 11) is 0. The molecule has 25 heavy (non-hydrogen) atoms. The average molecular weight is 348 g/mol. The maximum Gasteiger partial charge on any atom is 0.239 e. The lowest BCUT2D eigenvalue weighted by molar-refractivity contribution is -0.134. The fourth-order valence-electron chi connectivity index (χ4n) is 3.83. The SMILES string of the molecule is CCn1cc([C@@H]2OCC[C@@H]2CN[C@H](C)C(=O)N2CCC(C)CC2)cn1. The summed E-state index contributed by atoms with van der Waals surface area (Å²) in [6.45, 7) is 10.6. The van der Waals surface area contributed by atoms with Crippen LogP contribution in [-0.4, -0.2) is 52.9 Å². The van der Waals surface area contributed by atoms with Crippen molar-refractivity contribution in [3.05, 3.63) is 18.0 Å². The van der Waals surface area contributed by atoms with Gasteiger partial charge >= 0.3 is 0 Å². The van der Waals surface area contributed by atoms with E-state index >= 15 is 0 Å². The van der Waals surface area contributed by atoms with Crippen LogP contribution in [0.4, 0.5) is 0 Å². The second-order valence-corrected chi connectivity index (χ2v) is 7.61. The molecule has 2 aliphatic rings. The second-order valence-electron chi connectivity index (χ2n) is 7.61. The Morgan fingerprint density at radius 3 is 2.84 bits per heavy atom. The van der Waals surface area contributed by atoms with Gasteiger partial charge in [0.2, 0.25) is 5.91 Å². The molecule has 0 aromatic carbocycles. The van der Waals surface area contributed by atoms with Crippen LogP contribution in [0.1, 0.15) is 51.7 Å². The van der Waals surface area contributed by atoms with E-state index in [-0.39, 0.29) is 18.1 Å². The number of amides is 1. The van der Waals surface area contributed by atoms with E-state index in [1.54, 1.807) is 0 Å². The number of ether oxygens (including phenoxy) is 1. The Labute approximate surface area is 150 Å². The lowest BCUT2D eigenvalue weighted by Crippen LogP contribution is -2.48. The van der Waals surface area contributed by atoms with Crippen LogP contribution in [0.3, 0.4) is 0 Å². The predicted octanol–water partition coefficient (Wildman–Crippen LogP) is 2.22. The molecular formula is C19H32N4O2. The van der Waals surface area contributed by atoms with E-state index in [1.165, 1.54) is 0 Å². The van der Waals surface area contributed by atoms with Crippen molar-refractivity contribution in [2.75, 3.05) is 26.2 Å². The third kappa shape index (κ3) is 4.42. The molecular weight excluding hydrogens is 316 g/mol. The summed E-state index contributed by atoms with van der Waals surface area (Å²) in [5, 5.41) is 7.81. The summed E-state index contributed by atoms with van der Waals surface area (Å²) in [5.41, 5.74) is 1.15. The molecule has 6 nitrogen and oxygen atoms in total. The summed E-state index contributed by atoms with van der Waals surface area (Å²) in [6.07, 6.45) is 7.35. The number of aromatic nitrogens is 2.